The number of hydrogen-bond acceptors (Lipinski definition) is 4. The van der Waals surface area contributed by atoms with Gasteiger partial charge in [-0.15, -0.1) is 0 Å². The van der Waals surface area contributed by atoms with Crippen LogP contribution in [0.25, 0.3) is 0 Å². The van der Waals surface area contributed by atoms with E-state index in [1.165, 1.54) is 12.1 Å². The lowest BCUT2D eigenvalue weighted by Crippen LogP contribution is -2.47. The van der Waals surface area contributed by atoms with Gasteiger partial charge in [-0.05, 0) is 37.3 Å². The largest absolute Gasteiger partial charge is 0.377 e. The third-order valence-electron chi connectivity index (χ3n) is 4.04. The van der Waals surface area contributed by atoms with Crippen molar-refractivity contribution in [1.82, 2.24) is 4.90 Å². The van der Waals surface area contributed by atoms with E-state index < -0.39 is 10.0 Å². The molecule has 0 saturated carbocycles. The summed E-state index contributed by atoms with van der Waals surface area (Å²) >= 11 is 0. The summed E-state index contributed by atoms with van der Waals surface area (Å²) in [6.45, 7) is 3.47. The third kappa shape index (κ3) is 4.00. The Hall–Kier alpha value is -2.38. The molecule has 1 aliphatic rings. The average Bonchev–Trinajstić information content (AvgIpc) is 2.62. The van der Waals surface area contributed by atoms with Gasteiger partial charge in [0.25, 0.3) is 15.9 Å². The summed E-state index contributed by atoms with van der Waals surface area (Å²) in [6, 6.07) is 14.6. The van der Waals surface area contributed by atoms with Crippen molar-refractivity contribution in [2.45, 2.75) is 17.9 Å². The maximum atomic E-state index is 12.7. The van der Waals surface area contributed by atoms with Gasteiger partial charge < -0.3 is 9.64 Å². The van der Waals surface area contributed by atoms with E-state index in [4.69, 9.17) is 4.74 Å². The van der Waals surface area contributed by atoms with Crippen LogP contribution in [0.1, 0.15) is 17.3 Å². The SMILES string of the molecule is CC1COCCN1C(=O)c1cccc(NS(=O)(=O)c2ccccc2)c1. The van der Waals surface area contributed by atoms with Crippen LogP contribution in [0.5, 0.6) is 0 Å². The van der Waals surface area contributed by atoms with E-state index in [0.717, 1.165) is 0 Å². The highest BCUT2D eigenvalue weighted by molar-refractivity contribution is 7.92. The van der Waals surface area contributed by atoms with Crippen molar-refractivity contribution in [3.63, 3.8) is 0 Å². The zero-order valence-electron chi connectivity index (χ0n) is 13.9. The lowest BCUT2D eigenvalue weighted by Gasteiger charge is -2.33. The molecule has 1 N–H and O–H groups in total. The van der Waals surface area contributed by atoms with E-state index in [1.54, 1.807) is 47.4 Å². The van der Waals surface area contributed by atoms with Crippen LogP contribution < -0.4 is 4.72 Å². The molecule has 1 amide bonds. The molecule has 1 aliphatic heterocycles. The first-order valence-electron chi connectivity index (χ1n) is 8.04. The third-order valence-corrected chi connectivity index (χ3v) is 5.44. The number of amides is 1. The molecule has 2 aromatic rings. The van der Waals surface area contributed by atoms with Crippen molar-refractivity contribution in [3.05, 3.63) is 60.2 Å². The van der Waals surface area contributed by atoms with Crippen molar-refractivity contribution in [3.8, 4) is 0 Å². The van der Waals surface area contributed by atoms with Gasteiger partial charge >= 0.3 is 0 Å². The van der Waals surface area contributed by atoms with Gasteiger partial charge in [-0.2, -0.15) is 0 Å². The number of benzene rings is 2. The molecule has 1 fully saturated rings. The van der Waals surface area contributed by atoms with Crippen molar-refractivity contribution < 1.29 is 17.9 Å². The molecule has 1 saturated heterocycles. The Bertz CT molecular complexity index is 852. The number of morpholine rings is 1. The Labute approximate surface area is 147 Å². The Balaban J connectivity index is 1.81. The fraction of sp³-hybridized carbons (Fsp3) is 0.278. The van der Waals surface area contributed by atoms with Crippen molar-refractivity contribution in [2.24, 2.45) is 0 Å². The van der Waals surface area contributed by atoms with Gasteiger partial charge in [0.2, 0.25) is 0 Å². The number of carbonyl (C=O) groups excluding carboxylic acids is 1. The minimum Gasteiger partial charge on any atom is -0.377 e. The summed E-state index contributed by atoms with van der Waals surface area (Å²) < 4.78 is 32.7. The van der Waals surface area contributed by atoms with E-state index in [1.807, 2.05) is 6.92 Å². The van der Waals surface area contributed by atoms with E-state index in [9.17, 15) is 13.2 Å². The maximum Gasteiger partial charge on any atom is 0.261 e. The van der Waals surface area contributed by atoms with Crippen LogP contribution in [-0.4, -0.2) is 45.0 Å². The molecule has 0 spiro atoms. The molecule has 0 radical (unpaired) electrons. The first-order valence-corrected chi connectivity index (χ1v) is 9.52. The second kappa shape index (κ2) is 7.25. The highest BCUT2D eigenvalue weighted by atomic mass is 32.2. The van der Waals surface area contributed by atoms with E-state index in [-0.39, 0.29) is 16.8 Å². The van der Waals surface area contributed by atoms with Gasteiger partial charge in [0.05, 0.1) is 24.2 Å². The van der Waals surface area contributed by atoms with Crippen LogP contribution in [0.2, 0.25) is 0 Å². The van der Waals surface area contributed by atoms with Crippen LogP contribution in [0, 0.1) is 0 Å². The molecule has 1 heterocycles. The number of rotatable bonds is 4. The minimum atomic E-state index is -3.69. The van der Waals surface area contributed by atoms with Gasteiger partial charge in [-0.25, -0.2) is 8.42 Å². The monoisotopic (exact) mass is 360 g/mol. The number of nitrogens with zero attached hydrogens (tertiary/aromatic N) is 1. The van der Waals surface area contributed by atoms with Crippen molar-refractivity contribution in [2.75, 3.05) is 24.5 Å². The minimum absolute atomic E-state index is 0.00841. The first-order chi connectivity index (χ1) is 12.0. The molecule has 0 bridgehead atoms. The lowest BCUT2D eigenvalue weighted by atomic mass is 10.1. The molecular formula is C18H20N2O4S. The van der Waals surface area contributed by atoms with Crippen molar-refractivity contribution in [1.29, 1.82) is 0 Å². The number of sulfonamides is 1. The fourth-order valence-corrected chi connectivity index (χ4v) is 3.79. The molecule has 132 valence electrons. The number of hydrogen-bond donors (Lipinski definition) is 1. The van der Waals surface area contributed by atoms with Crippen LogP contribution in [0.3, 0.4) is 0 Å². The lowest BCUT2D eigenvalue weighted by molar-refractivity contribution is 0.00360. The molecule has 0 aromatic heterocycles. The molecular weight excluding hydrogens is 340 g/mol. The number of nitrogens with one attached hydrogen (secondary N) is 1. The molecule has 2 aromatic carbocycles. The van der Waals surface area contributed by atoms with Crippen LogP contribution in [-0.2, 0) is 14.8 Å². The Morgan fingerprint density at radius 3 is 2.64 bits per heavy atom. The van der Waals surface area contributed by atoms with Crippen LogP contribution in [0.4, 0.5) is 5.69 Å². The summed E-state index contributed by atoms with van der Waals surface area (Å²) in [5.74, 6) is -0.128. The highest BCUT2D eigenvalue weighted by Crippen LogP contribution is 2.19. The summed E-state index contributed by atoms with van der Waals surface area (Å²) in [7, 11) is -3.69. The van der Waals surface area contributed by atoms with Crippen LogP contribution >= 0.6 is 0 Å². The second-order valence-corrected chi connectivity index (χ2v) is 7.60. The topological polar surface area (TPSA) is 75.7 Å². The normalized spacial score (nSPS) is 18.0. The number of anilines is 1. The maximum absolute atomic E-state index is 12.7. The van der Waals surface area contributed by atoms with E-state index in [0.29, 0.717) is 31.0 Å². The average molecular weight is 360 g/mol. The molecule has 1 unspecified atom stereocenters. The fourth-order valence-electron chi connectivity index (χ4n) is 2.72. The predicted octanol–water partition coefficient (Wildman–Crippen LogP) is 2.35. The van der Waals surface area contributed by atoms with Gasteiger partial charge in [0, 0.05) is 17.8 Å². The number of ether oxygens (including phenoxy) is 1. The smallest absolute Gasteiger partial charge is 0.261 e. The molecule has 1 atom stereocenters. The van der Waals surface area contributed by atoms with Crippen molar-refractivity contribution >= 4 is 21.6 Å². The van der Waals surface area contributed by atoms with Gasteiger partial charge in [-0.3, -0.25) is 9.52 Å². The molecule has 6 nitrogen and oxygen atoms in total. The van der Waals surface area contributed by atoms with E-state index in [2.05, 4.69) is 4.72 Å². The summed E-state index contributed by atoms with van der Waals surface area (Å²) in [5.41, 5.74) is 0.803. The highest BCUT2D eigenvalue weighted by Gasteiger charge is 2.25. The summed E-state index contributed by atoms with van der Waals surface area (Å²) in [4.78, 5) is 14.6. The molecule has 25 heavy (non-hydrogen) atoms. The van der Waals surface area contributed by atoms with Crippen LogP contribution in [0.15, 0.2) is 59.5 Å². The second-order valence-electron chi connectivity index (χ2n) is 5.92. The van der Waals surface area contributed by atoms with Gasteiger partial charge in [0.1, 0.15) is 0 Å². The van der Waals surface area contributed by atoms with Gasteiger partial charge in [0.15, 0.2) is 0 Å². The summed E-state index contributed by atoms with van der Waals surface area (Å²) in [5, 5.41) is 0. The zero-order valence-corrected chi connectivity index (χ0v) is 14.7. The Morgan fingerprint density at radius 1 is 1.16 bits per heavy atom. The zero-order chi connectivity index (χ0) is 17.9. The molecule has 7 heteroatoms. The van der Waals surface area contributed by atoms with E-state index >= 15 is 0 Å². The molecule has 0 aliphatic carbocycles. The Kier molecular flexibility index (Phi) is 5.06. The molecule has 3 rings (SSSR count). The standard InChI is InChI=1S/C18H20N2O4S/c1-14-13-24-11-10-20(14)18(21)15-6-5-7-16(12-15)19-25(22,23)17-8-3-2-4-9-17/h2-9,12,14,19H,10-11,13H2,1H3. The summed E-state index contributed by atoms with van der Waals surface area (Å²) in [6.07, 6.45) is 0. The van der Waals surface area contributed by atoms with Gasteiger partial charge in [-0.1, -0.05) is 24.3 Å². The Morgan fingerprint density at radius 2 is 1.92 bits per heavy atom. The first kappa shape index (κ1) is 17.4. The quantitative estimate of drug-likeness (QED) is 0.908. The predicted molar refractivity (Wildman–Crippen MR) is 95.0 cm³/mol. The number of carbonyl (C=O) groups is 1.